The molecule has 0 aliphatic rings. The number of hydrogen-bond acceptors (Lipinski definition) is 3. The van der Waals surface area contributed by atoms with Crippen LogP contribution in [0.4, 0.5) is 0 Å². The molecule has 1 aromatic heterocycles. The van der Waals surface area contributed by atoms with E-state index in [2.05, 4.69) is 0 Å². The van der Waals surface area contributed by atoms with Crippen molar-refractivity contribution in [2.75, 3.05) is 0 Å². The van der Waals surface area contributed by atoms with Crippen molar-refractivity contribution in [3.8, 4) is 0 Å². The molecule has 0 saturated carbocycles. The second-order valence-corrected chi connectivity index (χ2v) is 8.80. The van der Waals surface area contributed by atoms with Crippen molar-refractivity contribution in [2.45, 2.75) is 0 Å². The molecule has 1 aromatic carbocycles. The summed E-state index contributed by atoms with van der Waals surface area (Å²) in [6.07, 6.45) is 0. The average molecular weight is 284 g/mol. The van der Waals surface area contributed by atoms with Crippen LogP contribution in [0.5, 0.6) is 0 Å². The van der Waals surface area contributed by atoms with E-state index in [-0.39, 0.29) is 0 Å². The van der Waals surface area contributed by atoms with E-state index in [1.165, 1.54) is 15.7 Å². The Kier molecular flexibility index (Phi) is 2.75. The summed E-state index contributed by atoms with van der Waals surface area (Å²) in [7, 11) is 0. The van der Waals surface area contributed by atoms with E-state index < -0.39 is 6.00 Å². The third-order valence-electron chi connectivity index (χ3n) is 1.70. The zero-order chi connectivity index (χ0) is 10.3. The van der Waals surface area contributed by atoms with Crippen LogP contribution in [0.15, 0.2) is 24.3 Å². The first kappa shape index (κ1) is 10.7. The summed E-state index contributed by atoms with van der Waals surface area (Å²) < 4.78 is 14.2. The van der Waals surface area contributed by atoms with Crippen LogP contribution < -0.4 is 0 Å². The molecule has 1 heterocycles. The lowest BCUT2D eigenvalue weighted by Crippen LogP contribution is -1.85. The van der Waals surface area contributed by atoms with E-state index in [4.69, 9.17) is 34.7 Å². The molecule has 2 rings (SSSR count). The van der Waals surface area contributed by atoms with Crippen LogP contribution in [0.2, 0.25) is 0 Å². The molecule has 0 saturated heterocycles. The fourth-order valence-corrected chi connectivity index (χ4v) is 5.30. The van der Waals surface area contributed by atoms with Gasteiger partial charge in [-0.25, -0.2) is 4.34 Å². The topological polar surface area (TPSA) is 22.0 Å². The predicted octanol–water partition coefficient (Wildman–Crippen LogP) is 4.87. The zero-order valence-electron chi connectivity index (χ0n) is 6.68. The molecule has 0 aliphatic carbocycles. The first-order valence-electron chi connectivity index (χ1n) is 3.61. The van der Waals surface area contributed by atoms with E-state index in [0.29, 0.717) is 3.95 Å². The van der Waals surface area contributed by atoms with Gasteiger partial charge in [-0.05, 0) is 46.8 Å². The summed E-state index contributed by atoms with van der Waals surface area (Å²) >= 11 is 17.6. The maximum absolute atomic E-state index is 11.5. The van der Waals surface area contributed by atoms with E-state index in [1.54, 1.807) is 6.07 Å². The highest BCUT2D eigenvalue weighted by Crippen LogP contribution is 2.59. The summed E-state index contributed by atoms with van der Waals surface area (Å²) in [5.74, 6) is -3.39. The number of para-hydroxylation sites is 1. The molecule has 0 atom stereocenters. The van der Waals surface area contributed by atoms with Gasteiger partial charge in [0.25, 0.3) is 0 Å². The molecule has 7 heteroatoms. The summed E-state index contributed by atoms with van der Waals surface area (Å²) in [4.78, 5) is 0. The van der Waals surface area contributed by atoms with Gasteiger partial charge in [0.15, 0.2) is 3.95 Å². The van der Waals surface area contributed by atoms with Gasteiger partial charge >= 0.3 is 6.00 Å². The zero-order valence-corrected chi connectivity index (χ0v) is 10.7. The number of rotatable bonds is 1. The standard InChI is InChI=1S/C7H4Cl2NOPS2/c8-12(9,11)10-5-3-1-2-4-6(5)14-7(10)13/h1-4H. The van der Waals surface area contributed by atoms with Gasteiger partial charge in [0.05, 0.1) is 10.2 Å². The molecule has 2 aromatic rings. The van der Waals surface area contributed by atoms with Crippen molar-refractivity contribution >= 4 is 62.3 Å². The third-order valence-corrected chi connectivity index (χ3v) is 5.11. The summed E-state index contributed by atoms with van der Waals surface area (Å²) in [5, 5.41) is 0. The van der Waals surface area contributed by atoms with Crippen LogP contribution in [0.3, 0.4) is 0 Å². The Hall–Kier alpha value is 0.140. The first-order chi connectivity index (χ1) is 6.50. The number of benzene rings is 1. The molecule has 0 radical (unpaired) electrons. The summed E-state index contributed by atoms with van der Waals surface area (Å²) in [6, 6.07) is 7.38. The molecule has 2 nitrogen and oxygen atoms in total. The van der Waals surface area contributed by atoms with Crippen molar-refractivity contribution in [1.82, 2.24) is 4.34 Å². The molecule has 0 bridgehead atoms. The highest BCUT2D eigenvalue weighted by Gasteiger charge is 2.20. The Bertz CT molecular complexity index is 585. The molecule has 0 spiro atoms. The normalized spacial score (nSPS) is 12.1. The van der Waals surface area contributed by atoms with Crippen LogP contribution in [-0.2, 0) is 4.57 Å². The van der Waals surface area contributed by atoms with E-state index in [1.807, 2.05) is 18.2 Å². The molecule has 74 valence electrons. The van der Waals surface area contributed by atoms with Gasteiger partial charge in [-0.1, -0.05) is 12.1 Å². The van der Waals surface area contributed by atoms with Gasteiger partial charge in [-0.15, -0.1) is 11.3 Å². The van der Waals surface area contributed by atoms with Gasteiger partial charge < -0.3 is 0 Å². The average Bonchev–Trinajstić information content (AvgIpc) is 2.38. The lowest BCUT2D eigenvalue weighted by molar-refractivity contribution is 0.588. The molecule has 0 N–H and O–H groups in total. The number of hydrogen-bond donors (Lipinski definition) is 0. The third kappa shape index (κ3) is 1.77. The molecule has 0 fully saturated rings. The molecular formula is C7H4Cl2NOPS2. The molecular weight excluding hydrogens is 280 g/mol. The van der Waals surface area contributed by atoms with Crippen molar-refractivity contribution < 1.29 is 4.57 Å². The predicted molar refractivity (Wildman–Crippen MR) is 65.4 cm³/mol. The van der Waals surface area contributed by atoms with Gasteiger partial charge in [-0.3, -0.25) is 4.57 Å². The van der Waals surface area contributed by atoms with Crippen LogP contribution in [0, 0.1) is 3.95 Å². The van der Waals surface area contributed by atoms with Crippen LogP contribution in [-0.4, -0.2) is 4.34 Å². The maximum Gasteiger partial charge on any atom is 0.351 e. The Morgan fingerprint density at radius 1 is 1.36 bits per heavy atom. The highest BCUT2D eigenvalue weighted by atomic mass is 35.9. The van der Waals surface area contributed by atoms with Crippen molar-refractivity contribution in [2.24, 2.45) is 0 Å². The van der Waals surface area contributed by atoms with Crippen molar-refractivity contribution in [1.29, 1.82) is 0 Å². The minimum atomic E-state index is -3.39. The SMILES string of the molecule is O=P(Cl)(Cl)n1c(=S)sc2ccccc21. The van der Waals surface area contributed by atoms with E-state index in [9.17, 15) is 4.57 Å². The quantitative estimate of drug-likeness (QED) is 0.550. The lowest BCUT2D eigenvalue weighted by atomic mass is 10.3. The Morgan fingerprint density at radius 3 is 2.64 bits per heavy atom. The largest absolute Gasteiger partial charge is 0.351 e. The fraction of sp³-hybridized carbons (Fsp3) is 0. The van der Waals surface area contributed by atoms with Crippen molar-refractivity contribution in [3.63, 3.8) is 0 Å². The van der Waals surface area contributed by atoms with E-state index >= 15 is 0 Å². The molecule has 0 amide bonds. The Labute approximate surface area is 99.1 Å². The first-order valence-corrected chi connectivity index (χ1v) is 8.30. The molecule has 0 aliphatic heterocycles. The van der Waals surface area contributed by atoms with Gasteiger partial charge in [-0.2, -0.15) is 0 Å². The Balaban J connectivity index is 2.96. The van der Waals surface area contributed by atoms with Crippen LogP contribution in [0.1, 0.15) is 0 Å². The van der Waals surface area contributed by atoms with Gasteiger partial charge in [0, 0.05) is 0 Å². The second-order valence-electron chi connectivity index (χ2n) is 2.58. The summed E-state index contributed by atoms with van der Waals surface area (Å²) in [5.41, 5.74) is 0.718. The number of halogens is 2. The van der Waals surface area contributed by atoms with Gasteiger partial charge in [0.1, 0.15) is 0 Å². The smallest absolute Gasteiger partial charge is 0.264 e. The maximum atomic E-state index is 11.5. The van der Waals surface area contributed by atoms with Crippen LogP contribution in [0.25, 0.3) is 10.2 Å². The van der Waals surface area contributed by atoms with E-state index in [0.717, 1.165) is 10.2 Å². The van der Waals surface area contributed by atoms with Crippen LogP contribution >= 0.6 is 52.0 Å². The summed E-state index contributed by atoms with van der Waals surface area (Å²) in [6.45, 7) is 0. The Morgan fingerprint density at radius 2 is 2.00 bits per heavy atom. The monoisotopic (exact) mass is 283 g/mol. The number of nitrogens with zero attached hydrogens (tertiary/aromatic N) is 1. The highest BCUT2D eigenvalue weighted by molar-refractivity contribution is 8.07. The minimum Gasteiger partial charge on any atom is -0.264 e. The van der Waals surface area contributed by atoms with Crippen molar-refractivity contribution in [3.05, 3.63) is 28.2 Å². The number of aromatic nitrogens is 1. The van der Waals surface area contributed by atoms with Gasteiger partial charge in [0.2, 0.25) is 0 Å². The molecule has 0 unspecified atom stereocenters. The second kappa shape index (κ2) is 3.62. The molecule has 14 heavy (non-hydrogen) atoms. The number of thiazole rings is 1. The number of fused-ring (bicyclic) bond motifs is 1. The lowest BCUT2D eigenvalue weighted by Gasteiger charge is -2.03. The minimum absolute atomic E-state index is 0.430. The fourth-order valence-electron chi connectivity index (χ4n) is 1.17.